The zero-order valence-corrected chi connectivity index (χ0v) is 12.7. The first-order valence-corrected chi connectivity index (χ1v) is 7.63. The molecule has 21 heavy (non-hydrogen) atoms. The normalized spacial score (nSPS) is 23.4. The van der Waals surface area contributed by atoms with Gasteiger partial charge in [-0.2, -0.15) is 0 Å². The number of nitrogens with zero attached hydrogens (tertiary/aromatic N) is 1. The van der Waals surface area contributed by atoms with E-state index in [-0.39, 0.29) is 18.2 Å². The van der Waals surface area contributed by atoms with Crippen molar-refractivity contribution in [1.29, 1.82) is 0 Å². The van der Waals surface area contributed by atoms with Crippen LogP contribution >= 0.6 is 0 Å². The zero-order chi connectivity index (χ0) is 14.8. The van der Waals surface area contributed by atoms with Crippen molar-refractivity contribution in [3.63, 3.8) is 0 Å². The summed E-state index contributed by atoms with van der Waals surface area (Å²) in [4.78, 5) is 13.4. The minimum atomic E-state index is -0.0453. The number of urea groups is 1. The summed E-state index contributed by atoms with van der Waals surface area (Å²) in [6.45, 7) is 1.50. The van der Waals surface area contributed by atoms with Crippen LogP contribution in [-0.2, 0) is 11.3 Å². The lowest BCUT2D eigenvalue weighted by molar-refractivity contribution is -0.00663. The summed E-state index contributed by atoms with van der Waals surface area (Å²) in [7, 11) is 3.79. The van der Waals surface area contributed by atoms with Crippen molar-refractivity contribution in [2.24, 2.45) is 0 Å². The van der Waals surface area contributed by atoms with Gasteiger partial charge in [0.2, 0.25) is 0 Å². The third kappa shape index (κ3) is 2.89. The van der Waals surface area contributed by atoms with E-state index < -0.39 is 0 Å². The largest absolute Gasteiger partial charge is 0.376 e. The molecule has 114 valence electrons. The molecule has 2 atom stereocenters. The molecule has 1 aromatic rings. The molecular formula is C16H23N3O2. The molecule has 2 aliphatic heterocycles. The predicted octanol–water partition coefficient (Wildman–Crippen LogP) is 2.49. The predicted molar refractivity (Wildman–Crippen MR) is 82.3 cm³/mol. The Morgan fingerprint density at radius 3 is 3.00 bits per heavy atom. The number of hydrogen-bond donors (Lipinski definition) is 2. The van der Waals surface area contributed by atoms with Gasteiger partial charge in [0, 0.05) is 25.9 Å². The molecule has 0 aromatic heterocycles. The number of hydrogen-bond acceptors (Lipinski definition) is 3. The molecule has 0 bridgehead atoms. The number of benzene rings is 1. The second-order valence-electron chi connectivity index (χ2n) is 5.87. The van der Waals surface area contributed by atoms with E-state index >= 15 is 0 Å². The highest BCUT2D eigenvalue weighted by Gasteiger charge is 2.26. The monoisotopic (exact) mass is 289 g/mol. The molecule has 2 heterocycles. The summed E-state index contributed by atoms with van der Waals surface area (Å²) in [6, 6.07) is 6.44. The lowest BCUT2D eigenvalue weighted by Gasteiger charge is -2.32. The first-order chi connectivity index (χ1) is 10.2. The third-order valence-electron chi connectivity index (χ3n) is 4.38. The van der Waals surface area contributed by atoms with Crippen molar-refractivity contribution >= 4 is 11.7 Å². The number of fused-ring (bicyclic) bond motifs is 1. The molecule has 2 N–H and O–H groups in total. The molecule has 1 aromatic carbocycles. The van der Waals surface area contributed by atoms with Crippen molar-refractivity contribution in [3.8, 4) is 0 Å². The van der Waals surface area contributed by atoms with Crippen LogP contribution in [0.3, 0.4) is 0 Å². The number of nitrogens with one attached hydrogen (secondary N) is 2. The maximum atomic E-state index is 11.7. The number of amides is 2. The van der Waals surface area contributed by atoms with Crippen molar-refractivity contribution in [3.05, 3.63) is 29.3 Å². The van der Waals surface area contributed by atoms with E-state index in [4.69, 9.17) is 4.74 Å². The van der Waals surface area contributed by atoms with Crippen LogP contribution in [0.25, 0.3) is 0 Å². The van der Waals surface area contributed by atoms with E-state index in [1.165, 1.54) is 12.0 Å². The fraction of sp³-hybridized carbons (Fsp3) is 0.562. The van der Waals surface area contributed by atoms with E-state index in [1.54, 1.807) is 4.90 Å². The Hall–Kier alpha value is -1.59. The molecule has 1 fully saturated rings. The van der Waals surface area contributed by atoms with E-state index in [0.29, 0.717) is 6.54 Å². The first kappa shape index (κ1) is 14.4. The maximum absolute atomic E-state index is 11.7. The molecular weight excluding hydrogens is 266 g/mol. The van der Waals surface area contributed by atoms with Gasteiger partial charge in [0.25, 0.3) is 0 Å². The number of ether oxygens (including phenoxy) is 1. The summed E-state index contributed by atoms with van der Waals surface area (Å²) in [6.07, 6.45) is 3.72. The Bertz CT molecular complexity index is 526. The summed E-state index contributed by atoms with van der Waals surface area (Å²) >= 11 is 0. The van der Waals surface area contributed by atoms with Gasteiger partial charge >= 0.3 is 6.03 Å². The van der Waals surface area contributed by atoms with E-state index in [1.807, 2.05) is 20.2 Å². The third-order valence-corrected chi connectivity index (χ3v) is 4.38. The van der Waals surface area contributed by atoms with E-state index in [0.717, 1.165) is 30.7 Å². The second kappa shape index (κ2) is 6.03. The zero-order valence-electron chi connectivity index (χ0n) is 12.7. The highest BCUT2D eigenvalue weighted by Crippen LogP contribution is 2.30. The van der Waals surface area contributed by atoms with Gasteiger partial charge in [-0.1, -0.05) is 12.1 Å². The van der Waals surface area contributed by atoms with Crippen LogP contribution in [0.1, 0.15) is 36.4 Å². The topological polar surface area (TPSA) is 53.6 Å². The number of carbonyl (C=O) groups is 1. The highest BCUT2D eigenvalue weighted by atomic mass is 16.5. The van der Waals surface area contributed by atoms with Crippen molar-refractivity contribution in [1.82, 2.24) is 10.2 Å². The van der Waals surface area contributed by atoms with Gasteiger partial charge < -0.3 is 20.3 Å². The van der Waals surface area contributed by atoms with Crippen LogP contribution < -0.4 is 10.6 Å². The van der Waals surface area contributed by atoms with Gasteiger partial charge in [-0.05, 0) is 43.5 Å². The number of rotatable bonds is 3. The second-order valence-corrected chi connectivity index (χ2v) is 5.87. The minimum absolute atomic E-state index is 0.0453. The van der Waals surface area contributed by atoms with Crippen LogP contribution in [0.5, 0.6) is 0 Å². The molecule has 2 aliphatic rings. The SMILES string of the molecule is CNC(c1ccc2c(c1)CN(C)C(=O)N2)C1CCCCO1. The molecule has 3 rings (SSSR count). The van der Waals surface area contributed by atoms with Gasteiger partial charge in [-0.3, -0.25) is 0 Å². The standard InChI is InChI=1S/C16H23N3O2/c1-17-15(14-5-3-4-8-21-14)11-6-7-13-12(9-11)10-19(2)16(20)18-13/h6-7,9,14-15,17H,3-5,8,10H2,1-2H3,(H,18,20). The van der Waals surface area contributed by atoms with Crippen molar-refractivity contribution in [2.75, 3.05) is 26.0 Å². The summed E-state index contributed by atoms with van der Waals surface area (Å²) in [5.41, 5.74) is 3.31. The average Bonchev–Trinajstić information content (AvgIpc) is 2.50. The van der Waals surface area contributed by atoms with Gasteiger partial charge in [0.15, 0.2) is 0 Å². The lowest BCUT2D eigenvalue weighted by Crippen LogP contribution is -2.36. The van der Waals surface area contributed by atoms with Gasteiger partial charge in [0.05, 0.1) is 12.1 Å². The molecule has 2 unspecified atom stereocenters. The van der Waals surface area contributed by atoms with Crippen molar-refractivity contribution < 1.29 is 9.53 Å². The van der Waals surface area contributed by atoms with Crippen LogP contribution in [0.4, 0.5) is 10.5 Å². The maximum Gasteiger partial charge on any atom is 0.321 e. The fourth-order valence-electron chi connectivity index (χ4n) is 3.19. The van der Waals surface area contributed by atoms with Crippen LogP contribution in [0, 0.1) is 0 Å². The molecule has 0 aliphatic carbocycles. The molecule has 2 amide bonds. The van der Waals surface area contributed by atoms with E-state index in [2.05, 4.69) is 22.8 Å². The Kier molecular flexibility index (Phi) is 4.12. The Morgan fingerprint density at radius 2 is 2.29 bits per heavy atom. The molecule has 5 nitrogen and oxygen atoms in total. The molecule has 0 saturated carbocycles. The van der Waals surface area contributed by atoms with Crippen LogP contribution in [-0.4, -0.2) is 37.7 Å². The average molecular weight is 289 g/mol. The van der Waals surface area contributed by atoms with Crippen LogP contribution in [0.15, 0.2) is 18.2 Å². The fourth-order valence-corrected chi connectivity index (χ4v) is 3.19. The molecule has 5 heteroatoms. The summed E-state index contributed by atoms with van der Waals surface area (Å²) in [5, 5.41) is 6.30. The lowest BCUT2D eigenvalue weighted by atomic mass is 9.93. The number of anilines is 1. The Labute approximate surface area is 125 Å². The minimum Gasteiger partial charge on any atom is -0.376 e. The highest BCUT2D eigenvalue weighted by molar-refractivity contribution is 5.92. The Morgan fingerprint density at radius 1 is 1.43 bits per heavy atom. The smallest absolute Gasteiger partial charge is 0.321 e. The molecule has 0 spiro atoms. The van der Waals surface area contributed by atoms with E-state index in [9.17, 15) is 4.79 Å². The quantitative estimate of drug-likeness (QED) is 0.899. The van der Waals surface area contributed by atoms with Gasteiger partial charge in [-0.25, -0.2) is 4.79 Å². The summed E-state index contributed by atoms with van der Waals surface area (Å²) in [5.74, 6) is 0. The number of likely N-dealkylation sites (N-methyl/N-ethyl adjacent to an activating group) is 1. The van der Waals surface area contributed by atoms with Gasteiger partial charge in [-0.15, -0.1) is 0 Å². The van der Waals surface area contributed by atoms with Crippen molar-refractivity contribution in [2.45, 2.75) is 38.0 Å². The van der Waals surface area contributed by atoms with Crippen LogP contribution in [0.2, 0.25) is 0 Å². The Balaban J connectivity index is 1.84. The summed E-state index contributed by atoms with van der Waals surface area (Å²) < 4.78 is 5.92. The first-order valence-electron chi connectivity index (χ1n) is 7.63. The number of carbonyl (C=O) groups excluding carboxylic acids is 1. The molecule has 0 radical (unpaired) electrons. The molecule has 1 saturated heterocycles. The van der Waals surface area contributed by atoms with Gasteiger partial charge in [0.1, 0.15) is 0 Å².